The van der Waals surface area contributed by atoms with E-state index in [0.717, 1.165) is 26.9 Å². The lowest BCUT2D eigenvalue weighted by Crippen LogP contribution is -2.51. The van der Waals surface area contributed by atoms with Gasteiger partial charge in [-0.05, 0) is 53.3 Å². The van der Waals surface area contributed by atoms with Crippen LogP contribution < -0.4 is 14.8 Å². The molecule has 0 bridgehead atoms. The zero-order chi connectivity index (χ0) is 26.2. The summed E-state index contributed by atoms with van der Waals surface area (Å²) in [5.41, 5.74) is 2.96. The molecule has 2 amide bonds. The lowest BCUT2D eigenvalue weighted by Gasteiger charge is -2.32. The Kier molecular flexibility index (Phi) is 9.23. The van der Waals surface area contributed by atoms with E-state index < -0.39 is 6.04 Å². The number of fused-ring (bicyclic) bond motifs is 1. The average molecular weight is 566 g/mol. The molecule has 1 N–H and O–H groups in total. The highest BCUT2D eigenvalue weighted by atomic mass is 79.9. The predicted octanol–water partition coefficient (Wildman–Crippen LogP) is 5.52. The zero-order valence-corrected chi connectivity index (χ0v) is 22.9. The summed E-state index contributed by atoms with van der Waals surface area (Å²) in [4.78, 5) is 29.0. The normalized spacial score (nSPS) is 12.9. The molecular weight excluding hydrogens is 532 g/mol. The van der Waals surface area contributed by atoms with Gasteiger partial charge in [0.15, 0.2) is 11.5 Å². The third-order valence-corrected chi connectivity index (χ3v) is 6.76. The van der Waals surface area contributed by atoms with Gasteiger partial charge in [-0.25, -0.2) is 0 Å². The molecule has 37 heavy (non-hydrogen) atoms. The van der Waals surface area contributed by atoms with E-state index in [0.29, 0.717) is 37.6 Å². The summed E-state index contributed by atoms with van der Waals surface area (Å²) in [5.74, 6) is 1.52. The van der Waals surface area contributed by atoms with Crippen LogP contribution >= 0.6 is 15.9 Å². The highest BCUT2D eigenvalue weighted by Gasteiger charge is 2.30. The van der Waals surface area contributed by atoms with Gasteiger partial charge in [-0.2, -0.15) is 0 Å². The van der Waals surface area contributed by atoms with E-state index in [1.807, 2.05) is 72.8 Å². The lowest BCUT2D eigenvalue weighted by molar-refractivity contribution is -0.141. The van der Waals surface area contributed by atoms with E-state index in [4.69, 9.17) is 9.47 Å². The van der Waals surface area contributed by atoms with Gasteiger partial charge < -0.3 is 19.7 Å². The molecule has 0 unspecified atom stereocenters. The van der Waals surface area contributed by atoms with Crippen molar-refractivity contribution >= 4 is 27.7 Å². The summed E-state index contributed by atoms with van der Waals surface area (Å²) in [7, 11) is 0. The van der Waals surface area contributed by atoms with Crippen LogP contribution in [-0.4, -0.2) is 36.1 Å². The summed E-state index contributed by atoms with van der Waals surface area (Å²) in [5, 5.41) is 3.06. The second-order valence-corrected chi connectivity index (χ2v) is 10.6. The summed E-state index contributed by atoms with van der Waals surface area (Å²) in [6.07, 6.45) is 1.25. The highest BCUT2D eigenvalue weighted by molar-refractivity contribution is 9.10. The third kappa shape index (κ3) is 7.59. The van der Waals surface area contributed by atoms with Crippen molar-refractivity contribution in [2.75, 3.05) is 13.3 Å². The van der Waals surface area contributed by atoms with Crippen molar-refractivity contribution in [2.24, 2.45) is 5.92 Å². The van der Waals surface area contributed by atoms with Gasteiger partial charge in [0, 0.05) is 30.4 Å². The molecule has 1 aliphatic heterocycles. The molecule has 0 saturated carbocycles. The van der Waals surface area contributed by atoms with E-state index in [-0.39, 0.29) is 25.0 Å². The topological polar surface area (TPSA) is 67.9 Å². The number of aryl methyl sites for hydroxylation is 1. The number of nitrogens with one attached hydrogen (secondary N) is 1. The fourth-order valence-electron chi connectivity index (χ4n) is 4.30. The second-order valence-electron chi connectivity index (χ2n) is 9.68. The summed E-state index contributed by atoms with van der Waals surface area (Å²) in [6.45, 7) is 5.22. The minimum absolute atomic E-state index is 0.0710. The Morgan fingerprint density at radius 1 is 0.919 bits per heavy atom. The third-order valence-electron chi connectivity index (χ3n) is 6.26. The fourth-order valence-corrected chi connectivity index (χ4v) is 4.75. The second kappa shape index (κ2) is 12.8. The fraction of sp³-hybridized carbons (Fsp3) is 0.333. The number of rotatable bonds is 11. The van der Waals surface area contributed by atoms with Crippen molar-refractivity contribution in [2.45, 2.75) is 45.7 Å². The van der Waals surface area contributed by atoms with Gasteiger partial charge in [-0.1, -0.05) is 78.3 Å². The first kappa shape index (κ1) is 26.7. The number of nitrogens with zero attached hydrogens (tertiary/aromatic N) is 1. The van der Waals surface area contributed by atoms with Gasteiger partial charge >= 0.3 is 0 Å². The minimum atomic E-state index is -0.635. The van der Waals surface area contributed by atoms with Crippen LogP contribution in [0.4, 0.5) is 0 Å². The molecule has 0 saturated heterocycles. The number of ether oxygens (including phenoxy) is 2. The Morgan fingerprint density at radius 2 is 1.68 bits per heavy atom. The number of hydrogen-bond donors (Lipinski definition) is 1. The van der Waals surface area contributed by atoms with Crippen LogP contribution in [0.1, 0.15) is 37.0 Å². The highest BCUT2D eigenvalue weighted by Crippen LogP contribution is 2.33. The molecular formula is C30H33BrN2O4. The molecule has 3 aromatic rings. The molecule has 1 atom stereocenters. The van der Waals surface area contributed by atoms with Crippen molar-refractivity contribution in [1.82, 2.24) is 10.2 Å². The average Bonchev–Trinajstić information content (AvgIpc) is 3.36. The maximum atomic E-state index is 13.8. The van der Waals surface area contributed by atoms with Crippen LogP contribution in [0.15, 0.2) is 77.3 Å². The molecule has 4 rings (SSSR count). The standard InChI is InChI=1S/C30H33BrN2O4/c1-21(2)18-32-30(35)26(16-22-7-4-3-5-8-22)33(19-24-9-6-10-25(31)15-24)29(34)14-12-23-11-13-27-28(17-23)37-20-36-27/h3-11,13,15,17,21,26H,12,14,16,18-20H2,1-2H3,(H,32,35)/t26-/m1/s1. The number of hydrogen-bond acceptors (Lipinski definition) is 4. The molecule has 3 aromatic carbocycles. The van der Waals surface area contributed by atoms with Gasteiger partial charge in [0.05, 0.1) is 0 Å². The van der Waals surface area contributed by atoms with Crippen LogP contribution in [0.2, 0.25) is 0 Å². The molecule has 0 spiro atoms. The largest absolute Gasteiger partial charge is 0.454 e. The number of benzene rings is 3. The number of amides is 2. The van der Waals surface area contributed by atoms with E-state index in [9.17, 15) is 9.59 Å². The van der Waals surface area contributed by atoms with Crippen molar-refractivity contribution in [3.8, 4) is 11.5 Å². The predicted molar refractivity (Wildman–Crippen MR) is 147 cm³/mol. The van der Waals surface area contributed by atoms with E-state index >= 15 is 0 Å². The zero-order valence-electron chi connectivity index (χ0n) is 21.3. The lowest BCUT2D eigenvalue weighted by atomic mass is 10.0. The van der Waals surface area contributed by atoms with Crippen LogP contribution in [0.3, 0.4) is 0 Å². The van der Waals surface area contributed by atoms with Crippen LogP contribution in [-0.2, 0) is 29.0 Å². The molecule has 0 fully saturated rings. The number of carbonyl (C=O) groups excluding carboxylic acids is 2. The monoisotopic (exact) mass is 564 g/mol. The van der Waals surface area contributed by atoms with Gasteiger partial charge in [0.25, 0.3) is 0 Å². The first-order chi connectivity index (χ1) is 17.9. The van der Waals surface area contributed by atoms with Crippen molar-refractivity contribution in [3.63, 3.8) is 0 Å². The Hall–Kier alpha value is -3.32. The summed E-state index contributed by atoms with van der Waals surface area (Å²) < 4.78 is 11.8. The first-order valence-corrected chi connectivity index (χ1v) is 13.4. The molecule has 6 nitrogen and oxygen atoms in total. The molecule has 0 radical (unpaired) electrons. The van der Waals surface area contributed by atoms with Gasteiger partial charge in [0.1, 0.15) is 6.04 Å². The Bertz CT molecular complexity index is 1220. The van der Waals surface area contributed by atoms with Gasteiger partial charge in [-0.15, -0.1) is 0 Å². The van der Waals surface area contributed by atoms with E-state index in [1.165, 1.54) is 0 Å². The van der Waals surface area contributed by atoms with Crippen LogP contribution in [0, 0.1) is 5.92 Å². The summed E-state index contributed by atoms with van der Waals surface area (Å²) >= 11 is 3.53. The van der Waals surface area contributed by atoms with Crippen molar-refractivity contribution in [1.29, 1.82) is 0 Å². The Labute approximate surface area is 227 Å². The number of halogens is 1. The molecule has 7 heteroatoms. The molecule has 194 valence electrons. The number of carbonyl (C=O) groups is 2. The molecule has 0 aromatic heterocycles. The SMILES string of the molecule is CC(C)CNC(=O)[C@@H](Cc1ccccc1)N(Cc1cccc(Br)c1)C(=O)CCc1ccc2c(c1)OCO2. The molecule has 1 aliphatic rings. The van der Waals surface area contributed by atoms with Crippen molar-refractivity contribution in [3.05, 3.63) is 94.0 Å². The van der Waals surface area contributed by atoms with Crippen LogP contribution in [0.5, 0.6) is 11.5 Å². The minimum Gasteiger partial charge on any atom is -0.454 e. The van der Waals surface area contributed by atoms with Gasteiger partial charge in [0.2, 0.25) is 18.6 Å². The Morgan fingerprint density at radius 3 is 2.43 bits per heavy atom. The molecule has 1 heterocycles. The maximum Gasteiger partial charge on any atom is 0.243 e. The maximum absolute atomic E-state index is 13.8. The summed E-state index contributed by atoms with van der Waals surface area (Å²) in [6, 6.07) is 22.8. The van der Waals surface area contributed by atoms with Gasteiger partial charge in [-0.3, -0.25) is 9.59 Å². The Balaban J connectivity index is 1.59. The van der Waals surface area contributed by atoms with Crippen LogP contribution in [0.25, 0.3) is 0 Å². The van der Waals surface area contributed by atoms with E-state index in [1.54, 1.807) is 4.90 Å². The van der Waals surface area contributed by atoms with Crippen molar-refractivity contribution < 1.29 is 19.1 Å². The first-order valence-electron chi connectivity index (χ1n) is 12.6. The molecule has 0 aliphatic carbocycles. The van der Waals surface area contributed by atoms with E-state index in [2.05, 4.69) is 35.1 Å². The smallest absolute Gasteiger partial charge is 0.243 e. The quantitative estimate of drug-likeness (QED) is 0.333.